The van der Waals surface area contributed by atoms with Gasteiger partial charge in [0.25, 0.3) is 0 Å². The van der Waals surface area contributed by atoms with E-state index in [0.29, 0.717) is 18.7 Å². The standard InChI is InChI=1S/C16H22FNO2/c1-2-15(19)11-18-9-3-4-13(10-18)16(20)12-5-7-14(17)8-6-12/h5-8,13,15,19H,2-4,9-11H2,1H3. The molecule has 1 aliphatic rings. The Morgan fingerprint density at radius 3 is 2.80 bits per heavy atom. The Hall–Kier alpha value is -1.26. The number of carbonyl (C=O) groups excluding carboxylic acids is 1. The molecule has 0 aromatic heterocycles. The van der Waals surface area contributed by atoms with Crippen molar-refractivity contribution in [1.82, 2.24) is 4.90 Å². The Morgan fingerprint density at radius 1 is 1.45 bits per heavy atom. The molecule has 0 radical (unpaired) electrons. The van der Waals surface area contributed by atoms with E-state index in [0.717, 1.165) is 25.8 Å². The number of nitrogens with zero attached hydrogens (tertiary/aromatic N) is 1. The maximum Gasteiger partial charge on any atom is 0.167 e. The van der Waals surface area contributed by atoms with E-state index in [2.05, 4.69) is 4.90 Å². The molecule has 1 saturated heterocycles. The van der Waals surface area contributed by atoms with Crippen LogP contribution in [0.3, 0.4) is 0 Å². The number of ketones is 1. The Balaban J connectivity index is 1.97. The molecule has 0 bridgehead atoms. The zero-order valence-electron chi connectivity index (χ0n) is 11.9. The van der Waals surface area contributed by atoms with Gasteiger partial charge in [-0.05, 0) is 50.1 Å². The summed E-state index contributed by atoms with van der Waals surface area (Å²) in [5, 5.41) is 9.71. The first kappa shape index (κ1) is 15.1. The molecule has 0 spiro atoms. The van der Waals surface area contributed by atoms with Crippen molar-refractivity contribution in [3.8, 4) is 0 Å². The minimum absolute atomic E-state index is 0.0433. The van der Waals surface area contributed by atoms with Crippen molar-refractivity contribution in [2.45, 2.75) is 32.3 Å². The van der Waals surface area contributed by atoms with Gasteiger partial charge in [0.1, 0.15) is 5.82 Å². The van der Waals surface area contributed by atoms with Gasteiger partial charge in [0.05, 0.1) is 6.10 Å². The maximum absolute atomic E-state index is 12.9. The van der Waals surface area contributed by atoms with Crippen molar-refractivity contribution in [2.75, 3.05) is 19.6 Å². The van der Waals surface area contributed by atoms with Crippen molar-refractivity contribution in [3.05, 3.63) is 35.6 Å². The zero-order chi connectivity index (χ0) is 14.5. The van der Waals surface area contributed by atoms with E-state index < -0.39 is 0 Å². The van der Waals surface area contributed by atoms with Crippen molar-refractivity contribution in [3.63, 3.8) is 0 Å². The van der Waals surface area contributed by atoms with Crippen LogP contribution in [0.25, 0.3) is 0 Å². The number of carbonyl (C=O) groups is 1. The van der Waals surface area contributed by atoms with E-state index in [1.807, 2.05) is 6.92 Å². The molecule has 1 fully saturated rings. The van der Waals surface area contributed by atoms with Gasteiger partial charge in [-0.15, -0.1) is 0 Å². The smallest absolute Gasteiger partial charge is 0.167 e. The lowest BCUT2D eigenvalue weighted by atomic mass is 9.90. The van der Waals surface area contributed by atoms with Gasteiger partial charge in [-0.25, -0.2) is 4.39 Å². The molecule has 1 aromatic carbocycles. The number of hydrogen-bond acceptors (Lipinski definition) is 3. The van der Waals surface area contributed by atoms with E-state index >= 15 is 0 Å². The summed E-state index contributed by atoms with van der Waals surface area (Å²) in [5.41, 5.74) is 0.578. The summed E-state index contributed by atoms with van der Waals surface area (Å²) in [4.78, 5) is 14.6. The first-order valence-electron chi connectivity index (χ1n) is 7.30. The van der Waals surface area contributed by atoms with E-state index in [1.165, 1.54) is 12.1 Å². The van der Waals surface area contributed by atoms with E-state index in [9.17, 15) is 14.3 Å². The van der Waals surface area contributed by atoms with Crippen molar-refractivity contribution in [1.29, 1.82) is 0 Å². The van der Waals surface area contributed by atoms with Crippen LogP contribution < -0.4 is 0 Å². The van der Waals surface area contributed by atoms with Gasteiger partial charge >= 0.3 is 0 Å². The summed E-state index contributed by atoms with van der Waals surface area (Å²) in [7, 11) is 0. The number of piperidine rings is 1. The minimum atomic E-state index is -0.324. The average molecular weight is 279 g/mol. The molecule has 0 amide bonds. The monoisotopic (exact) mass is 279 g/mol. The molecule has 1 aliphatic heterocycles. The molecule has 3 nitrogen and oxygen atoms in total. The lowest BCUT2D eigenvalue weighted by molar-refractivity contribution is 0.0666. The molecular formula is C16H22FNO2. The number of likely N-dealkylation sites (tertiary alicyclic amines) is 1. The quantitative estimate of drug-likeness (QED) is 0.842. The third kappa shape index (κ3) is 3.87. The molecule has 1 N–H and O–H groups in total. The Kier molecular flexibility index (Phi) is 5.26. The van der Waals surface area contributed by atoms with Gasteiger partial charge < -0.3 is 10.0 Å². The van der Waals surface area contributed by atoms with Crippen LogP contribution >= 0.6 is 0 Å². The second-order valence-corrected chi connectivity index (χ2v) is 5.53. The fraction of sp³-hybridized carbons (Fsp3) is 0.562. The molecule has 20 heavy (non-hydrogen) atoms. The molecule has 0 saturated carbocycles. The lowest BCUT2D eigenvalue weighted by Crippen LogP contribution is -2.42. The SMILES string of the molecule is CCC(O)CN1CCCC(C(=O)c2ccc(F)cc2)C1. The highest BCUT2D eigenvalue weighted by Gasteiger charge is 2.27. The zero-order valence-corrected chi connectivity index (χ0v) is 11.9. The largest absolute Gasteiger partial charge is 0.392 e. The van der Waals surface area contributed by atoms with Crippen LogP contribution in [0.1, 0.15) is 36.5 Å². The fourth-order valence-corrected chi connectivity index (χ4v) is 2.71. The van der Waals surface area contributed by atoms with Gasteiger partial charge in [-0.1, -0.05) is 6.92 Å². The molecule has 110 valence electrons. The maximum atomic E-state index is 12.9. The predicted molar refractivity (Wildman–Crippen MR) is 76.2 cm³/mol. The minimum Gasteiger partial charge on any atom is -0.392 e. The van der Waals surface area contributed by atoms with Crippen LogP contribution in [0.4, 0.5) is 4.39 Å². The number of hydrogen-bond donors (Lipinski definition) is 1. The van der Waals surface area contributed by atoms with Crippen LogP contribution in [0.2, 0.25) is 0 Å². The van der Waals surface area contributed by atoms with E-state index in [-0.39, 0.29) is 23.6 Å². The number of rotatable bonds is 5. The molecule has 0 aliphatic carbocycles. The highest BCUT2D eigenvalue weighted by molar-refractivity contribution is 5.98. The van der Waals surface area contributed by atoms with Gasteiger partial charge in [0.15, 0.2) is 5.78 Å². The predicted octanol–water partition coefficient (Wildman–Crippen LogP) is 2.49. The Bertz CT molecular complexity index is 446. The van der Waals surface area contributed by atoms with Crippen molar-refractivity contribution < 1.29 is 14.3 Å². The second-order valence-electron chi connectivity index (χ2n) is 5.53. The topological polar surface area (TPSA) is 40.5 Å². The van der Waals surface area contributed by atoms with Crippen LogP contribution in [-0.2, 0) is 0 Å². The molecule has 2 unspecified atom stereocenters. The second kappa shape index (κ2) is 6.95. The van der Waals surface area contributed by atoms with E-state index in [4.69, 9.17) is 0 Å². The van der Waals surface area contributed by atoms with E-state index in [1.54, 1.807) is 12.1 Å². The Labute approximate surface area is 119 Å². The highest BCUT2D eigenvalue weighted by atomic mass is 19.1. The molecule has 2 rings (SSSR count). The molecule has 1 heterocycles. The molecule has 4 heteroatoms. The summed E-state index contributed by atoms with van der Waals surface area (Å²) in [6.45, 7) is 4.21. The number of Topliss-reactive ketones (excluding diaryl/α,β-unsaturated/α-hetero) is 1. The third-order valence-electron chi connectivity index (χ3n) is 3.95. The van der Waals surface area contributed by atoms with Crippen LogP contribution in [0, 0.1) is 11.7 Å². The lowest BCUT2D eigenvalue weighted by Gasteiger charge is -2.33. The number of aliphatic hydroxyl groups excluding tert-OH is 1. The molecule has 2 atom stereocenters. The highest BCUT2D eigenvalue weighted by Crippen LogP contribution is 2.21. The number of aliphatic hydroxyl groups is 1. The third-order valence-corrected chi connectivity index (χ3v) is 3.95. The Morgan fingerprint density at radius 2 is 2.15 bits per heavy atom. The van der Waals surface area contributed by atoms with Gasteiger partial charge in [-0.3, -0.25) is 4.79 Å². The summed E-state index contributed by atoms with van der Waals surface area (Å²) in [6, 6.07) is 5.76. The summed E-state index contributed by atoms with van der Waals surface area (Å²) in [6.07, 6.45) is 2.24. The summed E-state index contributed by atoms with van der Waals surface area (Å²) >= 11 is 0. The van der Waals surface area contributed by atoms with Gasteiger partial charge in [-0.2, -0.15) is 0 Å². The number of benzene rings is 1. The van der Waals surface area contributed by atoms with Crippen molar-refractivity contribution in [2.24, 2.45) is 5.92 Å². The van der Waals surface area contributed by atoms with Gasteiger partial charge in [0.2, 0.25) is 0 Å². The number of halogens is 1. The van der Waals surface area contributed by atoms with Crippen LogP contribution in [0.15, 0.2) is 24.3 Å². The van der Waals surface area contributed by atoms with Crippen LogP contribution in [0.5, 0.6) is 0 Å². The first-order valence-corrected chi connectivity index (χ1v) is 7.30. The number of β-amino-alcohol motifs (C(OH)–C–C–N with tert-alkyl or cyclic N) is 1. The molecular weight excluding hydrogens is 257 g/mol. The normalized spacial score (nSPS) is 21.6. The molecule has 1 aromatic rings. The average Bonchev–Trinajstić information content (AvgIpc) is 2.47. The summed E-state index contributed by atoms with van der Waals surface area (Å²) in [5.74, 6) is -0.281. The van der Waals surface area contributed by atoms with Gasteiger partial charge in [0, 0.05) is 24.6 Å². The van der Waals surface area contributed by atoms with Crippen molar-refractivity contribution >= 4 is 5.78 Å². The summed E-state index contributed by atoms with van der Waals surface area (Å²) < 4.78 is 12.9. The van der Waals surface area contributed by atoms with Crippen LogP contribution in [-0.4, -0.2) is 41.5 Å². The first-order chi connectivity index (χ1) is 9.60. The fourth-order valence-electron chi connectivity index (χ4n) is 2.71.